The van der Waals surface area contributed by atoms with Crippen LogP contribution in [0.25, 0.3) is 0 Å². The topological polar surface area (TPSA) is 49.7 Å². The van der Waals surface area contributed by atoms with Gasteiger partial charge in [-0.1, -0.05) is 43.7 Å². The zero-order valence-corrected chi connectivity index (χ0v) is 15.0. The van der Waals surface area contributed by atoms with Crippen molar-refractivity contribution >= 4 is 0 Å². The fourth-order valence-electron chi connectivity index (χ4n) is 3.56. The van der Waals surface area contributed by atoms with Crippen LogP contribution in [0.4, 0.5) is 0 Å². The van der Waals surface area contributed by atoms with Crippen LogP contribution in [0.3, 0.4) is 0 Å². The van der Waals surface area contributed by atoms with Crippen LogP contribution in [0.5, 0.6) is 0 Å². The molecule has 3 heteroatoms. The Bertz CT molecular complexity index is 503. The monoisotopic (exact) mass is 320 g/mol. The Balaban J connectivity index is 2.35. The third-order valence-corrected chi connectivity index (χ3v) is 5.53. The summed E-state index contributed by atoms with van der Waals surface area (Å²) in [5, 5.41) is 20.2. The molecule has 2 rings (SSSR count). The van der Waals surface area contributed by atoms with E-state index in [-0.39, 0.29) is 12.2 Å². The first-order valence-corrected chi connectivity index (χ1v) is 8.84. The molecule has 23 heavy (non-hydrogen) atoms. The van der Waals surface area contributed by atoms with Gasteiger partial charge in [-0.2, -0.15) is 0 Å². The van der Waals surface area contributed by atoms with Crippen LogP contribution < -0.4 is 0 Å². The van der Waals surface area contributed by atoms with Gasteiger partial charge in [0.1, 0.15) is 0 Å². The Kier molecular flexibility index (Phi) is 5.88. The summed E-state index contributed by atoms with van der Waals surface area (Å²) in [7, 11) is 0. The molecule has 1 fully saturated rings. The molecule has 0 amide bonds. The Morgan fingerprint density at radius 1 is 1.30 bits per heavy atom. The highest BCUT2D eigenvalue weighted by molar-refractivity contribution is 5.23. The molecular formula is C20H32O3. The molecule has 0 aromatic rings. The van der Waals surface area contributed by atoms with Crippen LogP contribution in [-0.4, -0.2) is 34.1 Å². The third kappa shape index (κ3) is 4.14. The molecule has 2 bridgehead atoms. The number of aliphatic hydroxyl groups excluding tert-OH is 2. The van der Waals surface area contributed by atoms with Crippen LogP contribution >= 0.6 is 0 Å². The van der Waals surface area contributed by atoms with Gasteiger partial charge < -0.3 is 14.9 Å². The molecule has 0 aromatic heterocycles. The molecule has 0 spiro atoms. The number of aliphatic hydroxyl groups is 2. The van der Waals surface area contributed by atoms with E-state index in [1.165, 1.54) is 5.57 Å². The van der Waals surface area contributed by atoms with E-state index in [4.69, 9.17) is 4.74 Å². The minimum atomic E-state index is -0.513. The Morgan fingerprint density at radius 2 is 2.04 bits per heavy atom. The minimum absolute atomic E-state index is 0.0585. The number of hydrogen-bond acceptors (Lipinski definition) is 3. The quantitative estimate of drug-likeness (QED) is 0.758. The molecule has 2 heterocycles. The number of hydrogen-bond donors (Lipinski definition) is 2. The number of rotatable bonds is 2. The molecule has 2 aliphatic heterocycles. The van der Waals surface area contributed by atoms with Crippen molar-refractivity contribution < 1.29 is 14.9 Å². The van der Waals surface area contributed by atoms with Crippen LogP contribution in [0.1, 0.15) is 59.8 Å². The van der Waals surface area contributed by atoms with Gasteiger partial charge >= 0.3 is 0 Å². The summed E-state index contributed by atoms with van der Waals surface area (Å²) >= 11 is 0. The minimum Gasteiger partial charge on any atom is -0.392 e. The van der Waals surface area contributed by atoms with E-state index in [9.17, 15) is 10.2 Å². The van der Waals surface area contributed by atoms with Gasteiger partial charge in [-0.15, -0.1) is 0 Å². The van der Waals surface area contributed by atoms with Gasteiger partial charge in [0.2, 0.25) is 0 Å². The average Bonchev–Trinajstić information content (AvgIpc) is 2.88. The maximum atomic E-state index is 10.7. The van der Waals surface area contributed by atoms with Crippen molar-refractivity contribution in [1.29, 1.82) is 0 Å². The first-order chi connectivity index (χ1) is 10.8. The van der Waals surface area contributed by atoms with E-state index in [2.05, 4.69) is 45.1 Å². The van der Waals surface area contributed by atoms with Crippen molar-refractivity contribution in [2.45, 2.75) is 77.1 Å². The van der Waals surface area contributed by atoms with Crippen molar-refractivity contribution in [3.05, 3.63) is 35.5 Å². The summed E-state index contributed by atoms with van der Waals surface area (Å²) in [6.07, 6.45) is 12.0. The molecule has 3 nitrogen and oxygen atoms in total. The maximum absolute atomic E-state index is 10.7. The smallest absolute Gasteiger partial charge is 0.0925 e. The van der Waals surface area contributed by atoms with Crippen molar-refractivity contribution in [3.8, 4) is 0 Å². The van der Waals surface area contributed by atoms with Gasteiger partial charge in [-0.05, 0) is 57.4 Å². The highest BCUT2D eigenvalue weighted by atomic mass is 16.5. The van der Waals surface area contributed by atoms with Crippen molar-refractivity contribution in [2.24, 2.45) is 5.92 Å². The summed E-state index contributed by atoms with van der Waals surface area (Å²) in [6.45, 7) is 8.55. The average molecular weight is 320 g/mol. The maximum Gasteiger partial charge on any atom is 0.0925 e. The third-order valence-electron chi connectivity index (χ3n) is 5.53. The van der Waals surface area contributed by atoms with Crippen LogP contribution in [0, 0.1) is 5.92 Å². The lowest BCUT2D eigenvalue weighted by molar-refractivity contribution is -0.145. The molecule has 2 aliphatic rings. The molecule has 1 saturated heterocycles. The molecule has 3 atom stereocenters. The van der Waals surface area contributed by atoms with Gasteiger partial charge in [0.15, 0.2) is 0 Å². The number of ether oxygens (including phenoxy) is 1. The summed E-state index contributed by atoms with van der Waals surface area (Å²) in [5.41, 5.74) is 1.39. The van der Waals surface area contributed by atoms with E-state index in [0.717, 1.165) is 24.8 Å². The normalized spacial score (nSPS) is 38.3. The van der Waals surface area contributed by atoms with Crippen molar-refractivity contribution in [3.63, 3.8) is 0 Å². The van der Waals surface area contributed by atoms with E-state index < -0.39 is 11.7 Å². The summed E-state index contributed by atoms with van der Waals surface area (Å²) in [4.78, 5) is 0. The molecule has 0 unspecified atom stereocenters. The van der Waals surface area contributed by atoms with Gasteiger partial charge in [-0.25, -0.2) is 0 Å². The second-order valence-electron chi connectivity index (χ2n) is 7.62. The second kappa shape index (κ2) is 7.33. The predicted octanol–water partition coefficient (Wildman–Crippen LogP) is 3.92. The van der Waals surface area contributed by atoms with E-state index in [1.807, 2.05) is 6.92 Å². The first kappa shape index (κ1) is 18.4. The summed E-state index contributed by atoms with van der Waals surface area (Å²) < 4.78 is 6.50. The number of allylic oxidation sites excluding steroid dienone is 4. The Morgan fingerprint density at radius 3 is 2.70 bits per heavy atom. The van der Waals surface area contributed by atoms with E-state index in [0.29, 0.717) is 18.8 Å². The molecule has 0 aromatic carbocycles. The standard InChI is InChI=1S/C20H32O3/c1-15(2)20-11-10-16(3)6-5-7-17(14-21)8-9-18(22)19(4,23-20)12-13-20/h6-7,10-11,15,18,21-22H,5,8-9,12-14H2,1-4H3/b11-10?,16-6?,17-7-/t18-,19-,20-/m0/s1. The summed E-state index contributed by atoms with van der Waals surface area (Å²) in [6, 6.07) is 0. The highest BCUT2D eigenvalue weighted by Crippen LogP contribution is 2.46. The first-order valence-electron chi connectivity index (χ1n) is 8.84. The molecule has 2 N–H and O–H groups in total. The largest absolute Gasteiger partial charge is 0.392 e. The van der Waals surface area contributed by atoms with Gasteiger partial charge in [0.05, 0.1) is 23.9 Å². The fraction of sp³-hybridized carbons (Fsp3) is 0.700. The molecule has 0 radical (unpaired) electrons. The fourth-order valence-corrected chi connectivity index (χ4v) is 3.56. The van der Waals surface area contributed by atoms with E-state index >= 15 is 0 Å². The van der Waals surface area contributed by atoms with Gasteiger partial charge in [0.25, 0.3) is 0 Å². The van der Waals surface area contributed by atoms with Crippen LogP contribution in [0.15, 0.2) is 35.5 Å². The SMILES string of the molecule is CC1=CC/C=C(\CO)CC[C@H](O)[C@]2(C)CC[C@](C(C)C)(C=C1)O2. The predicted molar refractivity (Wildman–Crippen MR) is 94.2 cm³/mol. The van der Waals surface area contributed by atoms with Crippen LogP contribution in [-0.2, 0) is 4.74 Å². The lowest BCUT2D eigenvalue weighted by Crippen LogP contribution is -2.43. The van der Waals surface area contributed by atoms with Crippen molar-refractivity contribution in [2.75, 3.05) is 6.61 Å². The Hall–Kier alpha value is -0.900. The Labute approximate surface area is 140 Å². The van der Waals surface area contributed by atoms with E-state index in [1.54, 1.807) is 0 Å². The van der Waals surface area contributed by atoms with Gasteiger partial charge in [-0.3, -0.25) is 0 Å². The van der Waals surface area contributed by atoms with Crippen molar-refractivity contribution in [1.82, 2.24) is 0 Å². The van der Waals surface area contributed by atoms with Crippen LogP contribution in [0.2, 0.25) is 0 Å². The molecule has 0 saturated carbocycles. The summed E-state index contributed by atoms with van der Waals surface area (Å²) in [5.74, 6) is 0.358. The lowest BCUT2D eigenvalue weighted by Gasteiger charge is -2.37. The number of fused-ring (bicyclic) bond motifs is 2. The molecule has 130 valence electrons. The second-order valence-corrected chi connectivity index (χ2v) is 7.62. The molecular weight excluding hydrogens is 288 g/mol. The highest BCUT2D eigenvalue weighted by Gasteiger charge is 2.50. The zero-order chi connectivity index (χ0) is 17.1. The lowest BCUT2D eigenvalue weighted by atomic mass is 9.85. The van der Waals surface area contributed by atoms with Gasteiger partial charge in [0, 0.05) is 0 Å². The molecule has 0 aliphatic carbocycles. The zero-order valence-electron chi connectivity index (χ0n) is 15.0.